The Bertz CT molecular complexity index is 240. The summed E-state index contributed by atoms with van der Waals surface area (Å²) in [5.41, 5.74) is 0. The van der Waals surface area contributed by atoms with Gasteiger partial charge in [-0.15, -0.1) is 6.58 Å². The van der Waals surface area contributed by atoms with Gasteiger partial charge in [0.25, 0.3) is 0 Å². The Morgan fingerprint density at radius 2 is 2.19 bits per heavy atom. The SMILES string of the molecule is C=CCC1CCC(CCCC)N1C(=O)OC. The summed E-state index contributed by atoms with van der Waals surface area (Å²) in [7, 11) is 1.46. The smallest absolute Gasteiger partial charge is 0.409 e. The second-order valence-electron chi connectivity index (χ2n) is 4.43. The maximum atomic E-state index is 11.7. The molecule has 0 radical (unpaired) electrons. The molecule has 0 saturated carbocycles. The molecule has 16 heavy (non-hydrogen) atoms. The molecular formula is C13H23NO2. The highest BCUT2D eigenvalue weighted by Crippen LogP contribution is 2.30. The van der Waals surface area contributed by atoms with Crippen LogP contribution >= 0.6 is 0 Å². The van der Waals surface area contributed by atoms with Crippen LogP contribution in [0.5, 0.6) is 0 Å². The van der Waals surface area contributed by atoms with Crippen LogP contribution in [0.2, 0.25) is 0 Å². The third-order valence-electron chi connectivity index (χ3n) is 3.33. The van der Waals surface area contributed by atoms with Gasteiger partial charge in [0.05, 0.1) is 7.11 Å². The first-order chi connectivity index (χ1) is 7.74. The largest absolute Gasteiger partial charge is 0.453 e. The van der Waals surface area contributed by atoms with E-state index in [4.69, 9.17) is 4.74 Å². The molecule has 2 atom stereocenters. The molecule has 0 N–H and O–H groups in total. The fourth-order valence-corrected chi connectivity index (χ4v) is 2.51. The molecule has 1 heterocycles. The third kappa shape index (κ3) is 3.00. The lowest BCUT2D eigenvalue weighted by molar-refractivity contribution is 0.100. The summed E-state index contributed by atoms with van der Waals surface area (Å²) in [5.74, 6) is 0. The normalized spacial score (nSPS) is 24.5. The molecular weight excluding hydrogens is 202 g/mol. The third-order valence-corrected chi connectivity index (χ3v) is 3.33. The van der Waals surface area contributed by atoms with Crippen molar-refractivity contribution in [3.8, 4) is 0 Å². The van der Waals surface area contributed by atoms with Gasteiger partial charge in [0.15, 0.2) is 0 Å². The van der Waals surface area contributed by atoms with E-state index in [1.54, 1.807) is 0 Å². The number of carbonyl (C=O) groups is 1. The fourth-order valence-electron chi connectivity index (χ4n) is 2.51. The lowest BCUT2D eigenvalue weighted by atomic mass is 10.1. The van der Waals surface area contributed by atoms with Crippen molar-refractivity contribution in [1.82, 2.24) is 4.90 Å². The Kier molecular flexibility index (Phi) is 5.36. The number of carbonyl (C=O) groups excluding carboxylic acids is 1. The van der Waals surface area contributed by atoms with Crippen molar-refractivity contribution in [2.24, 2.45) is 0 Å². The first-order valence-electron chi connectivity index (χ1n) is 6.21. The zero-order valence-electron chi connectivity index (χ0n) is 10.4. The van der Waals surface area contributed by atoms with Gasteiger partial charge < -0.3 is 9.64 Å². The molecule has 0 spiro atoms. The van der Waals surface area contributed by atoms with Crippen molar-refractivity contribution < 1.29 is 9.53 Å². The van der Waals surface area contributed by atoms with E-state index in [0.717, 1.165) is 25.7 Å². The summed E-state index contributed by atoms with van der Waals surface area (Å²) < 4.78 is 4.87. The van der Waals surface area contributed by atoms with Gasteiger partial charge in [0.1, 0.15) is 0 Å². The van der Waals surface area contributed by atoms with E-state index in [-0.39, 0.29) is 6.09 Å². The maximum absolute atomic E-state index is 11.7. The summed E-state index contributed by atoms with van der Waals surface area (Å²) in [6, 6.07) is 0.671. The van der Waals surface area contributed by atoms with Gasteiger partial charge in [-0.2, -0.15) is 0 Å². The quantitative estimate of drug-likeness (QED) is 0.671. The van der Waals surface area contributed by atoms with Crippen LogP contribution in [0.3, 0.4) is 0 Å². The minimum Gasteiger partial charge on any atom is -0.453 e. The van der Waals surface area contributed by atoms with Crippen LogP contribution in [-0.4, -0.2) is 30.2 Å². The zero-order valence-corrected chi connectivity index (χ0v) is 10.4. The Labute approximate surface area is 98.5 Å². The molecule has 92 valence electrons. The fraction of sp³-hybridized carbons (Fsp3) is 0.769. The number of hydrogen-bond acceptors (Lipinski definition) is 2. The molecule has 0 aromatic carbocycles. The molecule has 1 rings (SSSR count). The summed E-state index contributed by atoms with van der Waals surface area (Å²) >= 11 is 0. The van der Waals surface area contributed by atoms with Crippen molar-refractivity contribution in [1.29, 1.82) is 0 Å². The molecule has 1 aliphatic heterocycles. The second kappa shape index (κ2) is 6.56. The summed E-state index contributed by atoms with van der Waals surface area (Å²) in [5, 5.41) is 0. The molecule has 0 aliphatic carbocycles. The summed E-state index contributed by atoms with van der Waals surface area (Å²) in [6.45, 7) is 5.93. The van der Waals surface area contributed by atoms with Gasteiger partial charge in [-0.25, -0.2) is 4.79 Å². The first-order valence-corrected chi connectivity index (χ1v) is 6.21. The van der Waals surface area contributed by atoms with Crippen LogP contribution in [0.4, 0.5) is 4.79 Å². The molecule has 2 unspecified atom stereocenters. The molecule has 1 amide bonds. The zero-order chi connectivity index (χ0) is 12.0. The number of rotatable bonds is 5. The minimum atomic E-state index is -0.176. The number of amides is 1. The Balaban J connectivity index is 2.63. The highest BCUT2D eigenvalue weighted by Gasteiger charge is 2.36. The Morgan fingerprint density at radius 1 is 1.50 bits per heavy atom. The van der Waals surface area contributed by atoms with E-state index in [1.807, 2.05) is 11.0 Å². The van der Waals surface area contributed by atoms with Crippen molar-refractivity contribution in [3.05, 3.63) is 12.7 Å². The molecule has 1 fully saturated rings. The minimum absolute atomic E-state index is 0.176. The van der Waals surface area contributed by atoms with Crippen LogP contribution in [-0.2, 0) is 4.74 Å². The average Bonchev–Trinajstić information content (AvgIpc) is 2.69. The number of hydrogen-bond donors (Lipinski definition) is 0. The van der Waals surface area contributed by atoms with Crippen LogP contribution in [0.25, 0.3) is 0 Å². The molecule has 0 bridgehead atoms. The lowest BCUT2D eigenvalue weighted by Crippen LogP contribution is -2.41. The van der Waals surface area contributed by atoms with E-state index < -0.39 is 0 Å². The molecule has 0 aromatic rings. The van der Waals surface area contributed by atoms with Gasteiger partial charge in [0.2, 0.25) is 0 Å². The molecule has 1 aliphatic rings. The number of likely N-dealkylation sites (tertiary alicyclic amines) is 1. The second-order valence-corrected chi connectivity index (χ2v) is 4.43. The van der Waals surface area contributed by atoms with Crippen molar-refractivity contribution in [3.63, 3.8) is 0 Å². The molecule has 1 saturated heterocycles. The predicted octanol–water partition coefficient (Wildman–Crippen LogP) is 3.35. The lowest BCUT2D eigenvalue weighted by Gasteiger charge is -2.28. The van der Waals surface area contributed by atoms with Gasteiger partial charge in [0, 0.05) is 12.1 Å². The topological polar surface area (TPSA) is 29.5 Å². The highest BCUT2D eigenvalue weighted by molar-refractivity contribution is 5.68. The predicted molar refractivity (Wildman–Crippen MR) is 65.4 cm³/mol. The van der Waals surface area contributed by atoms with E-state index in [2.05, 4.69) is 13.5 Å². The van der Waals surface area contributed by atoms with Crippen LogP contribution in [0.1, 0.15) is 45.4 Å². The van der Waals surface area contributed by atoms with E-state index in [9.17, 15) is 4.79 Å². The number of ether oxygens (including phenoxy) is 1. The van der Waals surface area contributed by atoms with E-state index >= 15 is 0 Å². The Morgan fingerprint density at radius 3 is 2.75 bits per heavy atom. The summed E-state index contributed by atoms with van der Waals surface area (Å²) in [6.07, 6.45) is 8.23. The van der Waals surface area contributed by atoms with Gasteiger partial charge in [-0.05, 0) is 25.7 Å². The van der Waals surface area contributed by atoms with Crippen molar-refractivity contribution >= 4 is 6.09 Å². The number of methoxy groups -OCH3 is 1. The summed E-state index contributed by atoms with van der Waals surface area (Å²) in [4.78, 5) is 13.7. The van der Waals surface area contributed by atoms with Gasteiger partial charge in [-0.1, -0.05) is 25.8 Å². The van der Waals surface area contributed by atoms with Gasteiger partial charge in [-0.3, -0.25) is 0 Å². The van der Waals surface area contributed by atoms with Crippen LogP contribution in [0, 0.1) is 0 Å². The van der Waals surface area contributed by atoms with Crippen molar-refractivity contribution in [2.75, 3.05) is 7.11 Å². The van der Waals surface area contributed by atoms with Crippen LogP contribution < -0.4 is 0 Å². The standard InChI is InChI=1S/C13H23NO2/c1-4-6-8-12-10-9-11(7-5-2)14(12)13(15)16-3/h5,11-12H,2,4,6-10H2,1,3H3. The first kappa shape index (κ1) is 13.1. The van der Waals surface area contributed by atoms with Gasteiger partial charge >= 0.3 is 6.09 Å². The Hall–Kier alpha value is -0.990. The monoisotopic (exact) mass is 225 g/mol. The highest BCUT2D eigenvalue weighted by atomic mass is 16.5. The maximum Gasteiger partial charge on any atom is 0.409 e. The number of nitrogens with zero attached hydrogens (tertiary/aromatic N) is 1. The van der Waals surface area contributed by atoms with Crippen molar-refractivity contribution in [2.45, 2.75) is 57.5 Å². The molecule has 3 nitrogen and oxygen atoms in total. The van der Waals surface area contributed by atoms with Crippen LogP contribution in [0.15, 0.2) is 12.7 Å². The van der Waals surface area contributed by atoms with E-state index in [1.165, 1.54) is 20.0 Å². The van der Waals surface area contributed by atoms with E-state index in [0.29, 0.717) is 12.1 Å². The average molecular weight is 225 g/mol. The molecule has 3 heteroatoms. The number of unbranched alkanes of at least 4 members (excludes halogenated alkanes) is 1. The molecule has 0 aromatic heterocycles.